The Balaban J connectivity index is 2.12. The van der Waals surface area contributed by atoms with Gasteiger partial charge in [0.1, 0.15) is 6.54 Å². The fraction of sp³-hybridized carbons (Fsp3) is 0.263. The van der Waals surface area contributed by atoms with Gasteiger partial charge >= 0.3 is 0 Å². The third kappa shape index (κ3) is 4.83. The van der Waals surface area contributed by atoms with Gasteiger partial charge in [0, 0.05) is 30.7 Å². The molecule has 0 atom stereocenters. The Bertz CT molecular complexity index is 704. The summed E-state index contributed by atoms with van der Waals surface area (Å²) in [5.74, 6) is -0.294. The van der Waals surface area contributed by atoms with E-state index in [1.807, 2.05) is 37.3 Å². The van der Waals surface area contributed by atoms with Crippen molar-refractivity contribution in [2.75, 3.05) is 18.0 Å². The molecule has 5 heteroatoms. The molecule has 2 rings (SSSR count). The first-order valence-electron chi connectivity index (χ1n) is 7.86. The first-order chi connectivity index (χ1) is 11.5. The molecule has 4 nitrogen and oxygen atoms in total. The van der Waals surface area contributed by atoms with Crippen molar-refractivity contribution < 1.29 is 9.59 Å². The summed E-state index contributed by atoms with van der Waals surface area (Å²) in [7, 11) is 0. The minimum atomic E-state index is -0.193. The number of carbonyl (C=O) groups excluding carboxylic acids is 2. The van der Waals surface area contributed by atoms with Crippen LogP contribution in [0.3, 0.4) is 0 Å². The van der Waals surface area contributed by atoms with E-state index in [0.717, 1.165) is 5.56 Å². The topological polar surface area (TPSA) is 40.6 Å². The van der Waals surface area contributed by atoms with Crippen LogP contribution in [0.1, 0.15) is 19.4 Å². The van der Waals surface area contributed by atoms with Gasteiger partial charge in [0.15, 0.2) is 0 Å². The normalized spacial score (nSPS) is 10.3. The van der Waals surface area contributed by atoms with Crippen LogP contribution < -0.4 is 4.90 Å². The summed E-state index contributed by atoms with van der Waals surface area (Å²) in [6.45, 7) is 4.48. The zero-order valence-electron chi connectivity index (χ0n) is 13.9. The molecule has 0 aliphatic carbocycles. The average molecular weight is 345 g/mol. The monoisotopic (exact) mass is 344 g/mol. The molecule has 0 heterocycles. The number of hydrogen-bond donors (Lipinski definition) is 0. The first-order valence-corrected chi connectivity index (χ1v) is 8.24. The Hall–Kier alpha value is -2.33. The molecule has 0 radical (unpaired) electrons. The van der Waals surface area contributed by atoms with Gasteiger partial charge < -0.3 is 9.80 Å². The van der Waals surface area contributed by atoms with E-state index in [4.69, 9.17) is 11.6 Å². The fourth-order valence-electron chi connectivity index (χ4n) is 2.44. The first kappa shape index (κ1) is 18.0. The highest BCUT2D eigenvalue weighted by atomic mass is 35.5. The van der Waals surface area contributed by atoms with Crippen molar-refractivity contribution in [2.45, 2.75) is 20.4 Å². The van der Waals surface area contributed by atoms with Crippen LogP contribution in [0.4, 0.5) is 5.69 Å². The Labute approximate surface area is 147 Å². The van der Waals surface area contributed by atoms with Crippen LogP contribution in [-0.2, 0) is 16.1 Å². The molecule has 0 saturated carbocycles. The lowest BCUT2D eigenvalue weighted by molar-refractivity contribution is -0.131. The maximum absolute atomic E-state index is 12.7. The Kier molecular flexibility index (Phi) is 6.38. The van der Waals surface area contributed by atoms with Crippen molar-refractivity contribution in [3.8, 4) is 0 Å². The number of rotatable bonds is 6. The maximum atomic E-state index is 12.7. The highest BCUT2D eigenvalue weighted by Gasteiger charge is 2.20. The highest BCUT2D eigenvalue weighted by molar-refractivity contribution is 6.30. The summed E-state index contributed by atoms with van der Waals surface area (Å²) in [5, 5.41) is 0.530. The van der Waals surface area contributed by atoms with Crippen LogP contribution in [0.25, 0.3) is 0 Å². The van der Waals surface area contributed by atoms with Crippen LogP contribution >= 0.6 is 11.6 Å². The van der Waals surface area contributed by atoms with E-state index in [2.05, 4.69) is 0 Å². The van der Waals surface area contributed by atoms with Crippen molar-refractivity contribution in [2.24, 2.45) is 0 Å². The van der Waals surface area contributed by atoms with Gasteiger partial charge in [-0.15, -0.1) is 0 Å². The molecular formula is C19H21ClN2O2. The van der Waals surface area contributed by atoms with Crippen molar-refractivity contribution in [3.63, 3.8) is 0 Å². The zero-order valence-corrected chi connectivity index (χ0v) is 14.7. The molecule has 2 aromatic carbocycles. The maximum Gasteiger partial charge on any atom is 0.242 e. The minimum absolute atomic E-state index is 0.00362. The summed E-state index contributed by atoms with van der Waals surface area (Å²) in [4.78, 5) is 27.8. The number of halogens is 1. The lowest BCUT2D eigenvalue weighted by Gasteiger charge is -2.26. The van der Waals surface area contributed by atoms with E-state index in [1.54, 1.807) is 29.2 Å². The summed E-state index contributed by atoms with van der Waals surface area (Å²) >= 11 is 5.99. The predicted octanol–water partition coefficient (Wildman–Crippen LogP) is 3.74. The molecule has 0 N–H and O–H groups in total. The third-order valence-corrected chi connectivity index (χ3v) is 3.98. The molecule has 0 saturated heterocycles. The Morgan fingerprint density at radius 3 is 2.33 bits per heavy atom. The van der Waals surface area contributed by atoms with E-state index in [9.17, 15) is 9.59 Å². The quantitative estimate of drug-likeness (QED) is 0.801. The van der Waals surface area contributed by atoms with Crippen LogP contribution in [-0.4, -0.2) is 29.8 Å². The van der Waals surface area contributed by atoms with Crippen molar-refractivity contribution in [1.29, 1.82) is 0 Å². The SMILES string of the molecule is CCN(Cc1ccccc1)C(=O)CN(C(C)=O)c1cccc(Cl)c1. The van der Waals surface area contributed by atoms with Gasteiger partial charge in [-0.2, -0.15) is 0 Å². The molecule has 24 heavy (non-hydrogen) atoms. The lowest BCUT2D eigenvalue weighted by Crippen LogP contribution is -2.42. The van der Waals surface area contributed by atoms with Gasteiger partial charge in [-0.25, -0.2) is 0 Å². The molecule has 2 aromatic rings. The number of likely N-dealkylation sites (N-methyl/N-ethyl adjacent to an activating group) is 1. The predicted molar refractivity (Wildman–Crippen MR) is 97.0 cm³/mol. The number of benzene rings is 2. The van der Waals surface area contributed by atoms with Crippen LogP contribution in [0.15, 0.2) is 54.6 Å². The number of anilines is 1. The van der Waals surface area contributed by atoms with Gasteiger partial charge in [0.05, 0.1) is 0 Å². The van der Waals surface area contributed by atoms with Crippen molar-refractivity contribution >= 4 is 29.1 Å². The second-order valence-electron chi connectivity index (χ2n) is 5.48. The second kappa shape index (κ2) is 8.50. The molecule has 0 fully saturated rings. The molecule has 0 aromatic heterocycles. The average Bonchev–Trinajstić information content (AvgIpc) is 2.58. The molecule has 0 unspecified atom stereocenters. The van der Waals surface area contributed by atoms with Crippen LogP contribution in [0.5, 0.6) is 0 Å². The Morgan fingerprint density at radius 1 is 1.04 bits per heavy atom. The standard InChI is InChI=1S/C19H21ClN2O2/c1-3-21(13-16-8-5-4-6-9-16)19(24)14-22(15(2)23)18-11-7-10-17(20)12-18/h4-12H,3,13-14H2,1-2H3. The molecule has 0 aliphatic rings. The van der Waals surface area contributed by atoms with Crippen LogP contribution in [0, 0.1) is 0 Å². The second-order valence-corrected chi connectivity index (χ2v) is 5.91. The van der Waals surface area contributed by atoms with E-state index >= 15 is 0 Å². The molecule has 0 bridgehead atoms. The zero-order chi connectivity index (χ0) is 17.5. The molecule has 0 aliphatic heterocycles. The van der Waals surface area contributed by atoms with E-state index in [1.165, 1.54) is 11.8 Å². The van der Waals surface area contributed by atoms with Gasteiger partial charge in [-0.3, -0.25) is 9.59 Å². The number of nitrogens with zero attached hydrogens (tertiary/aromatic N) is 2. The Morgan fingerprint density at radius 2 is 1.75 bits per heavy atom. The summed E-state index contributed by atoms with van der Waals surface area (Å²) in [5.41, 5.74) is 1.68. The van der Waals surface area contributed by atoms with E-state index in [-0.39, 0.29) is 18.4 Å². The smallest absolute Gasteiger partial charge is 0.242 e. The molecular weight excluding hydrogens is 324 g/mol. The number of carbonyl (C=O) groups is 2. The number of hydrogen-bond acceptors (Lipinski definition) is 2. The highest BCUT2D eigenvalue weighted by Crippen LogP contribution is 2.20. The van der Waals surface area contributed by atoms with Gasteiger partial charge in [-0.05, 0) is 30.7 Å². The van der Waals surface area contributed by atoms with Crippen molar-refractivity contribution in [3.05, 3.63) is 65.2 Å². The lowest BCUT2D eigenvalue weighted by atomic mass is 10.2. The van der Waals surface area contributed by atoms with Gasteiger partial charge in [0.2, 0.25) is 11.8 Å². The van der Waals surface area contributed by atoms with Crippen molar-refractivity contribution in [1.82, 2.24) is 4.90 Å². The van der Waals surface area contributed by atoms with Gasteiger partial charge in [0.25, 0.3) is 0 Å². The molecule has 126 valence electrons. The summed E-state index contributed by atoms with van der Waals surface area (Å²) in [6.07, 6.45) is 0. The molecule has 0 spiro atoms. The summed E-state index contributed by atoms with van der Waals surface area (Å²) < 4.78 is 0. The van der Waals surface area contributed by atoms with E-state index < -0.39 is 0 Å². The van der Waals surface area contributed by atoms with Crippen LogP contribution in [0.2, 0.25) is 5.02 Å². The third-order valence-electron chi connectivity index (χ3n) is 3.74. The summed E-state index contributed by atoms with van der Waals surface area (Å²) in [6, 6.07) is 16.8. The van der Waals surface area contributed by atoms with E-state index in [0.29, 0.717) is 23.8 Å². The van der Waals surface area contributed by atoms with Gasteiger partial charge in [-0.1, -0.05) is 48.0 Å². The fourth-order valence-corrected chi connectivity index (χ4v) is 2.63. The largest absolute Gasteiger partial charge is 0.337 e. The minimum Gasteiger partial charge on any atom is -0.337 e. The number of amides is 2. The molecule has 2 amide bonds.